The topological polar surface area (TPSA) is 153 Å². The molecule has 0 aliphatic heterocycles. The normalized spacial score (nSPS) is 11.6. The fraction of sp³-hybridized carbons (Fsp3) is 0.700. The summed E-state index contributed by atoms with van der Waals surface area (Å²) in [5.41, 5.74) is -0.0621. The van der Waals surface area contributed by atoms with Gasteiger partial charge in [-0.05, 0) is 19.4 Å². The lowest BCUT2D eigenvalue weighted by Gasteiger charge is -2.17. The first-order valence-corrected chi connectivity index (χ1v) is 14.5. The molecule has 14 nitrogen and oxygen atoms in total. The summed E-state index contributed by atoms with van der Waals surface area (Å²) in [7, 11) is 3.04. The maximum Gasteiger partial charge on any atom is 0.306 e. The molecule has 1 unspecified atom stereocenters. The standard InChI is InChI=1S/C30H47NO13/c1-5-6-7-8-30(32)44-25(2)26-23-28(36-4)29(24-27(26)31(33)34)43-22-21-42-20-19-41-18-17-40-16-15-39-14-13-38-12-11-37-10-9-35-3/h1,23-25H,6-22H2,2-4H3. The molecule has 1 rings (SSSR count). The van der Waals surface area contributed by atoms with Crippen LogP contribution in [0.25, 0.3) is 0 Å². The SMILES string of the molecule is C#CCCCC(=O)OC(C)c1cc(OC)c(OCCOCCOCCOCCOCCOCCOCCOC)cc1[N+](=O)[O-]. The van der Waals surface area contributed by atoms with E-state index in [1.165, 1.54) is 19.2 Å². The van der Waals surface area contributed by atoms with E-state index in [2.05, 4.69) is 5.92 Å². The third-order valence-corrected chi connectivity index (χ3v) is 5.73. The van der Waals surface area contributed by atoms with Gasteiger partial charge in [0.15, 0.2) is 11.5 Å². The summed E-state index contributed by atoms with van der Waals surface area (Å²) in [6.07, 6.45) is 5.37. The van der Waals surface area contributed by atoms with Gasteiger partial charge in [0.05, 0.1) is 110 Å². The second kappa shape index (κ2) is 26.4. The van der Waals surface area contributed by atoms with Crippen molar-refractivity contribution < 1.29 is 57.1 Å². The fourth-order valence-electron chi connectivity index (χ4n) is 3.53. The number of nitro benzene ring substituents is 1. The maximum absolute atomic E-state index is 12.1. The van der Waals surface area contributed by atoms with Crippen LogP contribution < -0.4 is 9.47 Å². The molecule has 0 saturated heterocycles. The van der Waals surface area contributed by atoms with E-state index in [-0.39, 0.29) is 42.4 Å². The number of nitro groups is 1. The van der Waals surface area contributed by atoms with Gasteiger partial charge < -0.3 is 47.4 Å². The Labute approximate surface area is 259 Å². The number of ether oxygens (including phenoxy) is 10. The lowest BCUT2D eigenvalue weighted by atomic mass is 10.1. The Morgan fingerprint density at radius 3 is 1.70 bits per heavy atom. The van der Waals surface area contributed by atoms with Crippen LogP contribution in [0.5, 0.6) is 11.5 Å². The Hall–Kier alpha value is -3.03. The maximum atomic E-state index is 12.1. The molecule has 44 heavy (non-hydrogen) atoms. The summed E-state index contributed by atoms with van der Waals surface area (Å²) in [4.78, 5) is 23.2. The number of unbranched alkanes of at least 4 members (excludes halogenated alkanes) is 1. The summed E-state index contributed by atoms with van der Waals surface area (Å²) in [5, 5.41) is 11.7. The highest BCUT2D eigenvalue weighted by molar-refractivity contribution is 5.70. The Morgan fingerprint density at radius 1 is 0.795 bits per heavy atom. The summed E-state index contributed by atoms with van der Waals surface area (Å²) >= 11 is 0. The second-order valence-electron chi connectivity index (χ2n) is 9.02. The van der Waals surface area contributed by atoms with E-state index in [0.29, 0.717) is 92.1 Å². The molecule has 0 aliphatic carbocycles. The molecule has 0 radical (unpaired) electrons. The fourth-order valence-corrected chi connectivity index (χ4v) is 3.53. The number of benzene rings is 1. The Morgan fingerprint density at radius 2 is 1.27 bits per heavy atom. The molecule has 0 amide bonds. The minimum atomic E-state index is -0.869. The van der Waals surface area contributed by atoms with Crippen molar-refractivity contribution in [2.24, 2.45) is 0 Å². The number of hydrogen-bond donors (Lipinski definition) is 0. The molecular formula is C30H47NO13. The van der Waals surface area contributed by atoms with Crippen LogP contribution in [0.2, 0.25) is 0 Å². The Bertz CT molecular complexity index is 954. The molecular weight excluding hydrogens is 582 g/mol. The number of hydrogen-bond acceptors (Lipinski definition) is 13. The molecule has 0 saturated carbocycles. The van der Waals surface area contributed by atoms with Crippen molar-refractivity contribution >= 4 is 11.7 Å². The number of rotatable bonds is 29. The van der Waals surface area contributed by atoms with Crippen molar-refractivity contribution in [1.82, 2.24) is 0 Å². The highest BCUT2D eigenvalue weighted by atomic mass is 16.6. The first-order chi connectivity index (χ1) is 21.4. The van der Waals surface area contributed by atoms with Gasteiger partial charge in [-0.15, -0.1) is 12.3 Å². The van der Waals surface area contributed by atoms with Crippen molar-refractivity contribution in [2.75, 3.05) is 107 Å². The van der Waals surface area contributed by atoms with E-state index in [1.54, 1.807) is 14.0 Å². The third kappa shape index (κ3) is 18.6. The molecule has 1 aromatic carbocycles. The van der Waals surface area contributed by atoms with Crippen LogP contribution in [0, 0.1) is 22.5 Å². The number of terminal acetylenes is 1. The molecule has 0 fully saturated rings. The van der Waals surface area contributed by atoms with Crippen LogP contribution in [0.15, 0.2) is 12.1 Å². The molecule has 0 aromatic heterocycles. The van der Waals surface area contributed by atoms with Gasteiger partial charge in [0.2, 0.25) is 0 Å². The summed E-state index contributed by atoms with van der Waals surface area (Å²) in [6, 6.07) is 2.69. The van der Waals surface area contributed by atoms with Gasteiger partial charge in [-0.3, -0.25) is 14.9 Å². The molecule has 0 spiro atoms. The van der Waals surface area contributed by atoms with Crippen molar-refractivity contribution in [3.63, 3.8) is 0 Å². The van der Waals surface area contributed by atoms with Crippen LogP contribution >= 0.6 is 0 Å². The van der Waals surface area contributed by atoms with Crippen molar-refractivity contribution in [2.45, 2.75) is 32.3 Å². The summed E-state index contributed by atoms with van der Waals surface area (Å²) < 4.78 is 53.8. The monoisotopic (exact) mass is 629 g/mol. The minimum absolute atomic E-state index is 0.125. The highest BCUT2D eigenvalue weighted by Crippen LogP contribution is 2.38. The number of carbonyl (C=O) groups is 1. The average molecular weight is 630 g/mol. The molecule has 1 atom stereocenters. The smallest absolute Gasteiger partial charge is 0.306 e. The van der Waals surface area contributed by atoms with E-state index in [1.807, 2.05) is 0 Å². The van der Waals surface area contributed by atoms with Crippen LogP contribution in [0.1, 0.15) is 37.9 Å². The lowest BCUT2D eigenvalue weighted by Crippen LogP contribution is -2.15. The van der Waals surface area contributed by atoms with Crippen LogP contribution in [-0.2, 0) is 42.7 Å². The lowest BCUT2D eigenvalue weighted by molar-refractivity contribution is -0.386. The summed E-state index contributed by atoms with van der Waals surface area (Å²) in [5.74, 6) is 2.40. The van der Waals surface area contributed by atoms with Crippen molar-refractivity contribution in [3.8, 4) is 23.8 Å². The summed E-state index contributed by atoms with van der Waals surface area (Å²) in [6.45, 7) is 7.54. The Kier molecular flexibility index (Phi) is 23.4. The molecule has 0 heterocycles. The van der Waals surface area contributed by atoms with Crippen LogP contribution in [-0.4, -0.2) is 118 Å². The number of esters is 1. The van der Waals surface area contributed by atoms with Crippen LogP contribution in [0.3, 0.4) is 0 Å². The highest BCUT2D eigenvalue weighted by Gasteiger charge is 2.26. The van der Waals surface area contributed by atoms with Crippen molar-refractivity contribution in [1.29, 1.82) is 0 Å². The second-order valence-corrected chi connectivity index (χ2v) is 9.02. The predicted octanol–water partition coefficient (Wildman–Crippen LogP) is 3.14. The van der Waals surface area contributed by atoms with E-state index < -0.39 is 17.0 Å². The zero-order valence-corrected chi connectivity index (χ0v) is 26.1. The van der Waals surface area contributed by atoms with Crippen molar-refractivity contribution in [3.05, 3.63) is 27.8 Å². The van der Waals surface area contributed by atoms with Gasteiger partial charge in [-0.25, -0.2) is 0 Å². The number of carbonyl (C=O) groups excluding carboxylic acids is 1. The van der Waals surface area contributed by atoms with Gasteiger partial charge in [-0.2, -0.15) is 0 Å². The van der Waals surface area contributed by atoms with Gasteiger partial charge in [-0.1, -0.05) is 0 Å². The zero-order chi connectivity index (χ0) is 32.3. The van der Waals surface area contributed by atoms with Gasteiger partial charge in [0, 0.05) is 20.0 Å². The number of methoxy groups -OCH3 is 2. The van der Waals surface area contributed by atoms with Crippen LogP contribution in [0.4, 0.5) is 5.69 Å². The van der Waals surface area contributed by atoms with Gasteiger partial charge in [0.1, 0.15) is 12.7 Å². The quantitative estimate of drug-likeness (QED) is 0.0420. The first-order valence-electron chi connectivity index (χ1n) is 14.5. The molecule has 0 aliphatic rings. The predicted molar refractivity (Wildman–Crippen MR) is 159 cm³/mol. The van der Waals surface area contributed by atoms with E-state index in [4.69, 9.17) is 53.8 Å². The number of nitrogens with zero attached hydrogens (tertiary/aromatic N) is 1. The van der Waals surface area contributed by atoms with Gasteiger partial charge in [0.25, 0.3) is 5.69 Å². The average Bonchev–Trinajstić information content (AvgIpc) is 3.01. The minimum Gasteiger partial charge on any atom is -0.493 e. The third-order valence-electron chi connectivity index (χ3n) is 5.73. The van der Waals surface area contributed by atoms with E-state index in [9.17, 15) is 14.9 Å². The molecule has 250 valence electrons. The van der Waals surface area contributed by atoms with E-state index in [0.717, 1.165) is 0 Å². The van der Waals surface area contributed by atoms with E-state index >= 15 is 0 Å². The first kappa shape index (κ1) is 39.0. The zero-order valence-electron chi connectivity index (χ0n) is 26.1. The largest absolute Gasteiger partial charge is 0.493 e. The molecule has 14 heteroatoms. The Balaban J connectivity index is 2.17. The van der Waals surface area contributed by atoms with Gasteiger partial charge >= 0.3 is 5.97 Å². The molecule has 0 N–H and O–H groups in total. The molecule has 0 bridgehead atoms. The molecule has 1 aromatic rings.